The third kappa shape index (κ3) is 1.94. The Morgan fingerprint density at radius 1 is 1.50 bits per heavy atom. The maximum atomic E-state index is 11.0. The van der Waals surface area contributed by atoms with E-state index in [4.69, 9.17) is 27.6 Å². The number of pyridine rings is 1. The first-order valence-corrected chi connectivity index (χ1v) is 5.13. The van der Waals surface area contributed by atoms with Gasteiger partial charge in [0.1, 0.15) is 5.15 Å². The Balaban J connectivity index is 2.54. The lowest BCUT2D eigenvalue weighted by Crippen LogP contribution is -1.87. The van der Waals surface area contributed by atoms with Gasteiger partial charge in [-0.3, -0.25) is 4.79 Å². The Hall–Kier alpha value is -1.39. The van der Waals surface area contributed by atoms with Gasteiger partial charge in [0.25, 0.3) is 5.24 Å². The second kappa shape index (κ2) is 4.23. The molecule has 0 N–H and O–H groups in total. The fraction of sp³-hybridized carbons (Fsp3) is 0.100. The summed E-state index contributed by atoms with van der Waals surface area (Å²) in [5, 5.41) is -0.423. The van der Waals surface area contributed by atoms with E-state index in [9.17, 15) is 4.79 Å². The number of carbonyl (C=O) groups is 1. The minimum atomic E-state index is -0.684. The van der Waals surface area contributed by atoms with Gasteiger partial charge in [0.15, 0.2) is 0 Å². The second-order valence-corrected chi connectivity index (χ2v) is 3.75. The van der Waals surface area contributed by atoms with E-state index in [1.807, 2.05) is 0 Å². The molecule has 2 aromatic heterocycles. The van der Waals surface area contributed by atoms with Crippen LogP contribution in [-0.2, 0) is 0 Å². The summed E-state index contributed by atoms with van der Waals surface area (Å²) in [6.07, 6.45) is 1.55. The van der Waals surface area contributed by atoms with Crippen LogP contribution < -0.4 is 0 Å². The van der Waals surface area contributed by atoms with Crippen LogP contribution in [0.5, 0.6) is 0 Å². The molecule has 2 aromatic rings. The first-order chi connectivity index (χ1) is 7.59. The van der Waals surface area contributed by atoms with Gasteiger partial charge in [-0.1, -0.05) is 11.6 Å². The first-order valence-electron chi connectivity index (χ1n) is 4.37. The number of oxazole rings is 1. The number of nitrogens with zero attached hydrogens (tertiary/aromatic N) is 2. The van der Waals surface area contributed by atoms with Crippen LogP contribution in [0, 0.1) is 6.92 Å². The van der Waals surface area contributed by atoms with E-state index in [0.717, 1.165) is 0 Å². The molecule has 0 aromatic carbocycles. The van der Waals surface area contributed by atoms with Gasteiger partial charge in [0.2, 0.25) is 11.7 Å². The lowest BCUT2D eigenvalue weighted by atomic mass is 10.3. The molecule has 0 aliphatic carbocycles. The molecule has 0 fully saturated rings. The number of aromatic nitrogens is 2. The molecule has 0 bridgehead atoms. The molecule has 4 nitrogen and oxygen atoms in total. The molecular weight excluding hydrogens is 251 g/mol. The number of carbonyl (C=O) groups excluding carboxylic acids is 1. The van der Waals surface area contributed by atoms with Crippen LogP contribution in [-0.4, -0.2) is 15.2 Å². The van der Waals surface area contributed by atoms with Gasteiger partial charge in [0.05, 0.1) is 11.3 Å². The smallest absolute Gasteiger partial charge is 0.289 e. The molecule has 16 heavy (non-hydrogen) atoms. The number of rotatable bonds is 2. The zero-order valence-corrected chi connectivity index (χ0v) is 9.71. The van der Waals surface area contributed by atoms with Crippen LogP contribution in [0.3, 0.4) is 0 Å². The Kier molecular flexibility index (Phi) is 2.94. The summed E-state index contributed by atoms with van der Waals surface area (Å²) in [5.41, 5.74) is 0.950. The van der Waals surface area contributed by atoms with Crippen molar-refractivity contribution in [2.45, 2.75) is 6.92 Å². The van der Waals surface area contributed by atoms with Gasteiger partial charge in [-0.15, -0.1) is 0 Å². The maximum absolute atomic E-state index is 11.0. The van der Waals surface area contributed by atoms with E-state index in [1.54, 1.807) is 25.3 Å². The minimum Gasteiger partial charge on any atom is -0.431 e. The standard InChI is InChI=1S/C10H6Cl2N2O2/c1-5-7(9(12)15)16-10(14-5)6-3-2-4-13-8(6)11/h2-4H,1H3. The highest BCUT2D eigenvalue weighted by Crippen LogP contribution is 2.27. The van der Waals surface area contributed by atoms with Crippen molar-refractivity contribution in [1.82, 2.24) is 9.97 Å². The van der Waals surface area contributed by atoms with E-state index in [1.165, 1.54) is 0 Å². The summed E-state index contributed by atoms with van der Waals surface area (Å²) < 4.78 is 5.23. The zero-order valence-electron chi connectivity index (χ0n) is 8.20. The highest BCUT2D eigenvalue weighted by atomic mass is 35.5. The van der Waals surface area contributed by atoms with E-state index >= 15 is 0 Å². The van der Waals surface area contributed by atoms with Crippen LogP contribution in [0.15, 0.2) is 22.7 Å². The summed E-state index contributed by atoms with van der Waals surface area (Å²) >= 11 is 11.2. The summed E-state index contributed by atoms with van der Waals surface area (Å²) in [4.78, 5) is 18.9. The molecule has 0 aliphatic heterocycles. The molecule has 2 rings (SSSR count). The maximum Gasteiger partial charge on any atom is 0.289 e. The van der Waals surface area contributed by atoms with Crippen molar-refractivity contribution in [2.24, 2.45) is 0 Å². The minimum absolute atomic E-state index is 0.0246. The largest absolute Gasteiger partial charge is 0.431 e. The summed E-state index contributed by atoms with van der Waals surface area (Å²) in [6.45, 7) is 1.63. The van der Waals surface area contributed by atoms with E-state index < -0.39 is 5.24 Å². The number of hydrogen-bond acceptors (Lipinski definition) is 4. The quantitative estimate of drug-likeness (QED) is 0.612. The summed E-state index contributed by atoms with van der Waals surface area (Å²) in [5.74, 6) is 0.260. The van der Waals surface area contributed by atoms with Crippen molar-refractivity contribution in [3.8, 4) is 11.5 Å². The lowest BCUT2D eigenvalue weighted by molar-refractivity contribution is 0.105. The molecule has 0 saturated heterocycles. The summed E-state index contributed by atoms with van der Waals surface area (Å²) in [6, 6.07) is 3.39. The molecule has 0 atom stereocenters. The van der Waals surface area contributed by atoms with Gasteiger partial charge in [-0.2, -0.15) is 0 Å². The SMILES string of the molecule is Cc1nc(-c2cccnc2Cl)oc1C(=O)Cl. The zero-order chi connectivity index (χ0) is 11.7. The van der Waals surface area contributed by atoms with Crippen molar-refractivity contribution in [1.29, 1.82) is 0 Å². The van der Waals surface area contributed by atoms with Gasteiger partial charge in [0, 0.05) is 6.20 Å². The summed E-state index contributed by atoms with van der Waals surface area (Å²) in [7, 11) is 0. The molecular formula is C10H6Cl2N2O2. The average Bonchev–Trinajstić information content (AvgIpc) is 2.61. The van der Waals surface area contributed by atoms with Gasteiger partial charge in [-0.05, 0) is 30.7 Å². The fourth-order valence-corrected chi connectivity index (χ4v) is 1.62. The highest BCUT2D eigenvalue weighted by molar-refractivity contribution is 6.67. The monoisotopic (exact) mass is 256 g/mol. The molecule has 0 saturated carbocycles. The number of hydrogen-bond donors (Lipinski definition) is 0. The third-order valence-corrected chi connectivity index (χ3v) is 2.44. The van der Waals surface area contributed by atoms with E-state index in [2.05, 4.69) is 9.97 Å². The first kappa shape index (κ1) is 11.1. The lowest BCUT2D eigenvalue weighted by Gasteiger charge is -1.96. The predicted octanol–water partition coefficient (Wildman–Crippen LogP) is 3.08. The molecule has 0 unspecified atom stereocenters. The average molecular weight is 257 g/mol. The molecule has 6 heteroatoms. The van der Waals surface area contributed by atoms with Gasteiger partial charge >= 0.3 is 0 Å². The Bertz CT molecular complexity index is 552. The highest BCUT2D eigenvalue weighted by Gasteiger charge is 2.17. The molecule has 0 amide bonds. The topological polar surface area (TPSA) is 56.0 Å². The van der Waals surface area contributed by atoms with Crippen LogP contribution in [0.4, 0.5) is 0 Å². The van der Waals surface area contributed by atoms with Crippen molar-refractivity contribution < 1.29 is 9.21 Å². The van der Waals surface area contributed by atoms with Crippen molar-refractivity contribution in [3.05, 3.63) is 34.9 Å². The van der Waals surface area contributed by atoms with Crippen molar-refractivity contribution >= 4 is 28.4 Å². The van der Waals surface area contributed by atoms with Gasteiger partial charge < -0.3 is 4.42 Å². The van der Waals surface area contributed by atoms with Crippen molar-refractivity contribution in [2.75, 3.05) is 0 Å². The Morgan fingerprint density at radius 2 is 2.25 bits per heavy atom. The van der Waals surface area contributed by atoms with Gasteiger partial charge in [-0.25, -0.2) is 9.97 Å². The number of aryl methyl sites for hydroxylation is 1. The van der Waals surface area contributed by atoms with Crippen LogP contribution in [0.1, 0.15) is 16.2 Å². The Labute approximate surface area is 101 Å². The van der Waals surface area contributed by atoms with Crippen LogP contribution >= 0.6 is 23.2 Å². The molecule has 82 valence electrons. The molecule has 0 radical (unpaired) electrons. The Morgan fingerprint density at radius 3 is 2.81 bits per heavy atom. The van der Waals surface area contributed by atoms with E-state index in [0.29, 0.717) is 11.3 Å². The second-order valence-electron chi connectivity index (χ2n) is 3.05. The molecule has 0 spiro atoms. The van der Waals surface area contributed by atoms with E-state index in [-0.39, 0.29) is 16.8 Å². The number of halogens is 2. The predicted molar refractivity (Wildman–Crippen MR) is 59.7 cm³/mol. The third-order valence-electron chi connectivity index (χ3n) is 1.96. The van der Waals surface area contributed by atoms with Crippen LogP contribution in [0.2, 0.25) is 5.15 Å². The fourth-order valence-electron chi connectivity index (χ4n) is 1.24. The normalized spacial score (nSPS) is 10.4. The van der Waals surface area contributed by atoms with Crippen molar-refractivity contribution in [3.63, 3.8) is 0 Å². The molecule has 0 aliphatic rings. The molecule has 2 heterocycles. The van der Waals surface area contributed by atoms with Crippen LogP contribution in [0.25, 0.3) is 11.5 Å².